The molecule has 1 aromatic carbocycles. The van der Waals surface area contributed by atoms with Crippen LogP contribution in [0.5, 0.6) is 0 Å². The van der Waals surface area contributed by atoms with Crippen molar-refractivity contribution in [2.75, 3.05) is 19.7 Å². The summed E-state index contributed by atoms with van der Waals surface area (Å²) in [5.41, 5.74) is 3.62. The quantitative estimate of drug-likeness (QED) is 0.829. The summed E-state index contributed by atoms with van der Waals surface area (Å²) in [6.45, 7) is 5.17. The van der Waals surface area contributed by atoms with Gasteiger partial charge in [-0.1, -0.05) is 18.2 Å². The van der Waals surface area contributed by atoms with Gasteiger partial charge in [0.15, 0.2) is 0 Å². The lowest BCUT2D eigenvalue weighted by Crippen LogP contribution is -2.30. The van der Waals surface area contributed by atoms with Crippen LogP contribution >= 0.6 is 0 Å². The second-order valence-electron chi connectivity index (χ2n) is 4.52. The van der Waals surface area contributed by atoms with E-state index < -0.39 is 0 Å². The van der Waals surface area contributed by atoms with Crippen LogP contribution in [0.2, 0.25) is 0 Å². The fourth-order valence-corrected chi connectivity index (χ4v) is 2.07. The van der Waals surface area contributed by atoms with Crippen molar-refractivity contribution in [3.63, 3.8) is 0 Å². The van der Waals surface area contributed by atoms with Crippen LogP contribution in [0, 0.1) is 13.8 Å². The van der Waals surface area contributed by atoms with Gasteiger partial charge in [0.2, 0.25) is 0 Å². The van der Waals surface area contributed by atoms with Gasteiger partial charge in [-0.05, 0) is 30.5 Å². The van der Waals surface area contributed by atoms with Crippen LogP contribution in [0.3, 0.4) is 0 Å². The van der Waals surface area contributed by atoms with E-state index >= 15 is 0 Å². The summed E-state index contributed by atoms with van der Waals surface area (Å²) >= 11 is 0. The van der Waals surface area contributed by atoms with Crippen LogP contribution in [0.4, 0.5) is 4.79 Å². The third kappa shape index (κ3) is 2.42. The van der Waals surface area contributed by atoms with E-state index in [4.69, 9.17) is 5.11 Å². The van der Waals surface area contributed by atoms with Crippen molar-refractivity contribution in [2.24, 2.45) is 0 Å². The van der Waals surface area contributed by atoms with Gasteiger partial charge in [-0.25, -0.2) is 4.79 Å². The average molecular weight is 234 g/mol. The number of hydrogen-bond donors (Lipinski definition) is 2. The van der Waals surface area contributed by atoms with Crippen LogP contribution in [0.1, 0.15) is 22.7 Å². The summed E-state index contributed by atoms with van der Waals surface area (Å²) in [6, 6.07) is 6.18. The van der Waals surface area contributed by atoms with E-state index in [2.05, 4.69) is 37.4 Å². The number of benzene rings is 1. The number of hydrogen-bond acceptors (Lipinski definition) is 2. The Morgan fingerprint density at radius 1 is 1.41 bits per heavy atom. The van der Waals surface area contributed by atoms with Gasteiger partial charge in [0.1, 0.15) is 0 Å². The highest BCUT2D eigenvalue weighted by molar-refractivity contribution is 5.77. The van der Waals surface area contributed by atoms with Crippen LogP contribution in [0.25, 0.3) is 0 Å². The maximum atomic E-state index is 11.6. The van der Waals surface area contributed by atoms with Crippen molar-refractivity contribution in [1.82, 2.24) is 10.2 Å². The van der Waals surface area contributed by atoms with Crippen molar-refractivity contribution >= 4 is 6.03 Å². The molecule has 17 heavy (non-hydrogen) atoms. The van der Waals surface area contributed by atoms with Crippen LogP contribution in [-0.4, -0.2) is 35.7 Å². The minimum Gasteiger partial charge on any atom is -0.395 e. The third-order valence-corrected chi connectivity index (χ3v) is 3.29. The molecule has 92 valence electrons. The molecule has 2 amide bonds. The van der Waals surface area contributed by atoms with Crippen LogP contribution in [-0.2, 0) is 0 Å². The number of carbonyl (C=O) groups excluding carboxylic acids is 1. The second-order valence-corrected chi connectivity index (χ2v) is 4.52. The number of urea groups is 1. The molecule has 1 aliphatic rings. The van der Waals surface area contributed by atoms with Crippen molar-refractivity contribution in [3.05, 3.63) is 34.9 Å². The molecule has 0 radical (unpaired) electrons. The first-order valence-electron chi connectivity index (χ1n) is 5.85. The average Bonchev–Trinajstić information content (AvgIpc) is 2.65. The molecule has 1 unspecified atom stereocenters. The van der Waals surface area contributed by atoms with E-state index in [0.29, 0.717) is 13.1 Å². The van der Waals surface area contributed by atoms with Gasteiger partial charge in [0.25, 0.3) is 0 Å². The molecule has 4 heteroatoms. The molecule has 0 spiro atoms. The van der Waals surface area contributed by atoms with E-state index in [0.717, 1.165) is 5.56 Å². The molecule has 1 atom stereocenters. The number of nitrogens with zero attached hydrogens (tertiary/aromatic N) is 1. The molecule has 1 fully saturated rings. The minimum absolute atomic E-state index is 0.00701. The highest BCUT2D eigenvalue weighted by atomic mass is 16.3. The fraction of sp³-hybridized carbons (Fsp3) is 0.462. The standard InChI is InChI=1S/C13H18N2O2/c1-9-3-4-11(7-10(9)2)12-8-15(5-6-16)13(17)14-12/h3-4,7,12,16H,5-6,8H2,1-2H3,(H,14,17). The van der Waals surface area contributed by atoms with Crippen LogP contribution < -0.4 is 5.32 Å². The monoisotopic (exact) mass is 234 g/mol. The van der Waals surface area contributed by atoms with Gasteiger partial charge < -0.3 is 15.3 Å². The maximum Gasteiger partial charge on any atom is 0.318 e. The lowest BCUT2D eigenvalue weighted by atomic mass is 10.0. The van der Waals surface area contributed by atoms with Gasteiger partial charge in [-0.2, -0.15) is 0 Å². The number of aliphatic hydroxyl groups excluding tert-OH is 1. The Hall–Kier alpha value is -1.55. The Kier molecular flexibility index (Phi) is 3.33. The Balaban J connectivity index is 2.14. The predicted octanol–water partition coefficient (Wildman–Crippen LogP) is 1.36. The lowest BCUT2D eigenvalue weighted by molar-refractivity contribution is 0.196. The van der Waals surface area contributed by atoms with Gasteiger partial charge in [0, 0.05) is 13.1 Å². The van der Waals surface area contributed by atoms with E-state index in [1.165, 1.54) is 11.1 Å². The molecule has 4 nitrogen and oxygen atoms in total. The number of aliphatic hydroxyl groups is 1. The van der Waals surface area contributed by atoms with E-state index in [-0.39, 0.29) is 18.7 Å². The maximum absolute atomic E-state index is 11.6. The van der Waals surface area contributed by atoms with E-state index in [9.17, 15) is 4.79 Å². The van der Waals surface area contributed by atoms with Gasteiger partial charge in [-0.15, -0.1) is 0 Å². The summed E-state index contributed by atoms with van der Waals surface area (Å²) in [5.74, 6) is 0. The van der Waals surface area contributed by atoms with Crippen molar-refractivity contribution in [3.8, 4) is 0 Å². The Morgan fingerprint density at radius 3 is 2.82 bits per heavy atom. The normalized spacial score (nSPS) is 19.6. The molecule has 1 saturated heterocycles. The zero-order valence-electron chi connectivity index (χ0n) is 10.2. The Bertz CT molecular complexity index is 431. The number of β-amino-alcohol motifs (C(OH)–C–C–N with tert-alkyl or cyclic N) is 1. The largest absolute Gasteiger partial charge is 0.395 e. The predicted molar refractivity (Wildman–Crippen MR) is 65.8 cm³/mol. The second kappa shape index (κ2) is 4.75. The molecular weight excluding hydrogens is 216 g/mol. The number of aryl methyl sites for hydroxylation is 2. The zero-order chi connectivity index (χ0) is 12.4. The van der Waals surface area contributed by atoms with Gasteiger partial charge in [-0.3, -0.25) is 0 Å². The SMILES string of the molecule is Cc1ccc(C2CN(CCO)C(=O)N2)cc1C. The van der Waals surface area contributed by atoms with Gasteiger partial charge in [0.05, 0.1) is 12.6 Å². The van der Waals surface area contributed by atoms with Crippen molar-refractivity contribution in [2.45, 2.75) is 19.9 Å². The first-order chi connectivity index (χ1) is 8.11. The lowest BCUT2D eigenvalue weighted by Gasteiger charge is -2.13. The van der Waals surface area contributed by atoms with Crippen molar-refractivity contribution < 1.29 is 9.90 Å². The number of nitrogens with one attached hydrogen (secondary N) is 1. The first-order valence-corrected chi connectivity index (χ1v) is 5.85. The molecular formula is C13H18N2O2. The first kappa shape index (κ1) is 11.9. The summed E-state index contributed by atoms with van der Waals surface area (Å²) in [4.78, 5) is 13.2. The van der Waals surface area contributed by atoms with Gasteiger partial charge >= 0.3 is 6.03 Å². The molecule has 0 aromatic heterocycles. The molecule has 1 aromatic rings. The number of carbonyl (C=O) groups is 1. The topological polar surface area (TPSA) is 52.6 Å². The molecule has 0 bridgehead atoms. The zero-order valence-corrected chi connectivity index (χ0v) is 10.2. The van der Waals surface area contributed by atoms with E-state index in [1.807, 2.05) is 0 Å². The van der Waals surface area contributed by atoms with Crippen molar-refractivity contribution in [1.29, 1.82) is 0 Å². The minimum atomic E-state index is -0.0951. The summed E-state index contributed by atoms with van der Waals surface area (Å²) in [5, 5.41) is 11.8. The summed E-state index contributed by atoms with van der Waals surface area (Å²) in [6.07, 6.45) is 0. The number of amides is 2. The molecule has 2 N–H and O–H groups in total. The Morgan fingerprint density at radius 2 is 2.18 bits per heavy atom. The highest BCUT2D eigenvalue weighted by Gasteiger charge is 2.29. The van der Waals surface area contributed by atoms with Crippen LogP contribution in [0.15, 0.2) is 18.2 Å². The molecule has 0 aliphatic carbocycles. The fourth-order valence-electron chi connectivity index (χ4n) is 2.07. The Labute approximate surface area is 101 Å². The van der Waals surface area contributed by atoms with E-state index in [1.54, 1.807) is 4.90 Å². The molecule has 1 aliphatic heterocycles. The number of rotatable bonds is 3. The smallest absolute Gasteiger partial charge is 0.318 e. The molecule has 1 heterocycles. The summed E-state index contributed by atoms with van der Waals surface area (Å²) < 4.78 is 0. The molecule has 2 rings (SSSR count). The highest BCUT2D eigenvalue weighted by Crippen LogP contribution is 2.22. The third-order valence-electron chi connectivity index (χ3n) is 3.29. The summed E-state index contributed by atoms with van der Waals surface area (Å²) in [7, 11) is 0. The molecule has 0 saturated carbocycles.